The summed E-state index contributed by atoms with van der Waals surface area (Å²) in [6.07, 6.45) is 0. The molecule has 0 unspecified atom stereocenters. The van der Waals surface area contributed by atoms with Crippen molar-refractivity contribution < 1.29 is 4.74 Å². The van der Waals surface area contributed by atoms with Gasteiger partial charge >= 0.3 is 0 Å². The molecule has 0 aliphatic carbocycles. The summed E-state index contributed by atoms with van der Waals surface area (Å²) in [6, 6.07) is 13.6. The van der Waals surface area contributed by atoms with Crippen molar-refractivity contribution >= 4 is 33.2 Å². The monoisotopic (exact) mass is 275 g/mol. The molecule has 0 saturated heterocycles. The molecule has 2 nitrogen and oxygen atoms in total. The van der Waals surface area contributed by atoms with Crippen LogP contribution in [0.15, 0.2) is 42.5 Å². The first-order valence-corrected chi connectivity index (χ1v) is 6.67. The fraction of sp³-hybridized carbons (Fsp3) is 0.0714. The fourth-order valence-corrected chi connectivity index (χ4v) is 2.99. The van der Waals surface area contributed by atoms with Crippen molar-refractivity contribution in [3.8, 4) is 16.3 Å². The van der Waals surface area contributed by atoms with Gasteiger partial charge in [-0.1, -0.05) is 23.7 Å². The Morgan fingerprint density at radius 3 is 2.78 bits per heavy atom. The average molecular weight is 276 g/mol. The zero-order valence-electron chi connectivity index (χ0n) is 9.68. The standard InChI is InChI=1S/C14H10ClNOS/c1-17-12-7-6-9(15)8-10(12)14-16-11-4-2-3-5-13(11)18-14/h2-8H,1H3. The lowest BCUT2D eigenvalue weighted by Gasteiger charge is -2.05. The topological polar surface area (TPSA) is 22.1 Å². The smallest absolute Gasteiger partial charge is 0.129 e. The molecule has 1 aromatic heterocycles. The highest BCUT2D eigenvalue weighted by molar-refractivity contribution is 7.21. The Balaban J connectivity index is 2.22. The van der Waals surface area contributed by atoms with E-state index in [-0.39, 0.29) is 0 Å². The number of hydrogen-bond acceptors (Lipinski definition) is 3. The molecule has 18 heavy (non-hydrogen) atoms. The summed E-state index contributed by atoms with van der Waals surface area (Å²) >= 11 is 7.68. The van der Waals surface area contributed by atoms with E-state index in [1.165, 1.54) is 0 Å². The predicted molar refractivity (Wildman–Crippen MR) is 76.6 cm³/mol. The second-order valence-electron chi connectivity index (χ2n) is 3.83. The van der Waals surface area contributed by atoms with Gasteiger partial charge in [-0.25, -0.2) is 4.98 Å². The van der Waals surface area contributed by atoms with E-state index in [4.69, 9.17) is 16.3 Å². The first-order valence-electron chi connectivity index (χ1n) is 5.47. The molecule has 0 bridgehead atoms. The van der Waals surface area contributed by atoms with Crippen molar-refractivity contribution in [1.82, 2.24) is 4.98 Å². The van der Waals surface area contributed by atoms with E-state index < -0.39 is 0 Å². The van der Waals surface area contributed by atoms with Crippen LogP contribution in [0, 0.1) is 0 Å². The van der Waals surface area contributed by atoms with Gasteiger partial charge in [0.25, 0.3) is 0 Å². The van der Waals surface area contributed by atoms with E-state index in [0.717, 1.165) is 26.5 Å². The Hall–Kier alpha value is -1.58. The van der Waals surface area contributed by atoms with Crippen LogP contribution in [0.1, 0.15) is 0 Å². The van der Waals surface area contributed by atoms with E-state index in [9.17, 15) is 0 Å². The summed E-state index contributed by atoms with van der Waals surface area (Å²) in [5.74, 6) is 0.790. The number of thiazole rings is 1. The van der Waals surface area contributed by atoms with E-state index >= 15 is 0 Å². The molecule has 2 aromatic carbocycles. The summed E-state index contributed by atoms with van der Waals surface area (Å²) < 4.78 is 6.52. The molecule has 4 heteroatoms. The third-order valence-electron chi connectivity index (χ3n) is 2.69. The first-order chi connectivity index (χ1) is 8.78. The number of benzene rings is 2. The molecule has 0 saturated carbocycles. The van der Waals surface area contributed by atoms with Crippen LogP contribution in [-0.4, -0.2) is 12.1 Å². The maximum Gasteiger partial charge on any atom is 0.129 e. The second-order valence-corrected chi connectivity index (χ2v) is 5.30. The number of rotatable bonds is 2. The third kappa shape index (κ3) is 1.96. The first kappa shape index (κ1) is 11.5. The second kappa shape index (κ2) is 4.59. The maximum absolute atomic E-state index is 6.04. The number of ether oxygens (including phenoxy) is 1. The van der Waals surface area contributed by atoms with E-state index in [2.05, 4.69) is 11.1 Å². The molecular formula is C14H10ClNOS. The molecule has 0 amide bonds. The molecule has 3 rings (SSSR count). The zero-order valence-corrected chi connectivity index (χ0v) is 11.3. The van der Waals surface area contributed by atoms with Crippen molar-refractivity contribution in [1.29, 1.82) is 0 Å². The van der Waals surface area contributed by atoms with Crippen molar-refractivity contribution in [3.63, 3.8) is 0 Å². The number of halogens is 1. The Labute approximate surface area is 114 Å². The minimum atomic E-state index is 0.685. The Morgan fingerprint density at radius 1 is 1.17 bits per heavy atom. The summed E-state index contributed by atoms with van der Waals surface area (Å²) in [7, 11) is 1.65. The number of para-hydroxylation sites is 1. The average Bonchev–Trinajstić information content (AvgIpc) is 2.82. The molecular weight excluding hydrogens is 266 g/mol. The molecule has 0 spiro atoms. The van der Waals surface area contributed by atoms with Gasteiger partial charge in [0.05, 0.1) is 22.9 Å². The molecule has 90 valence electrons. The Morgan fingerprint density at radius 2 is 2.00 bits per heavy atom. The van der Waals surface area contributed by atoms with Crippen molar-refractivity contribution in [2.45, 2.75) is 0 Å². The molecule has 0 N–H and O–H groups in total. The van der Waals surface area contributed by atoms with Crippen molar-refractivity contribution in [3.05, 3.63) is 47.5 Å². The van der Waals surface area contributed by atoms with Gasteiger partial charge in [0.15, 0.2) is 0 Å². The summed E-state index contributed by atoms with van der Waals surface area (Å²) in [4.78, 5) is 4.61. The van der Waals surface area contributed by atoms with Crippen LogP contribution in [0.25, 0.3) is 20.8 Å². The van der Waals surface area contributed by atoms with E-state index in [1.807, 2.05) is 36.4 Å². The van der Waals surface area contributed by atoms with Gasteiger partial charge in [-0.15, -0.1) is 11.3 Å². The molecule has 3 aromatic rings. The summed E-state index contributed by atoms with van der Waals surface area (Å²) in [6.45, 7) is 0. The largest absolute Gasteiger partial charge is 0.496 e. The van der Waals surface area contributed by atoms with Crippen molar-refractivity contribution in [2.75, 3.05) is 7.11 Å². The molecule has 0 aliphatic heterocycles. The van der Waals surface area contributed by atoms with Crippen LogP contribution in [-0.2, 0) is 0 Å². The predicted octanol–water partition coefficient (Wildman–Crippen LogP) is 4.63. The molecule has 1 heterocycles. The molecule has 0 radical (unpaired) electrons. The van der Waals surface area contributed by atoms with Gasteiger partial charge in [0, 0.05) is 5.02 Å². The highest BCUT2D eigenvalue weighted by Gasteiger charge is 2.11. The van der Waals surface area contributed by atoms with Crippen LogP contribution < -0.4 is 4.74 Å². The molecule has 0 aliphatic rings. The van der Waals surface area contributed by atoms with Gasteiger partial charge in [-0.3, -0.25) is 0 Å². The Kier molecular flexibility index (Phi) is 2.94. The van der Waals surface area contributed by atoms with Crippen LogP contribution in [0.2, 0.25) is 5.02 Å². The number of hydrogen-bond donors (Lipinski definition) is 0. The molecule has 0 atom stereocenters. The lowest BCUT2D eigenvalue weighted by Crippen LogP contribution is -1.87. The van der Waals surface area contributed by atoms with Crippen molar-refractivity contribution in [2.24, 2.45) is 0 Å². The van der Waals surface area contributed by atoms with Gasteiger partial charge in [-0.2, -0.15) is 0 Å². The van der Waals surface area contributed by atoms with Crippen LogP contribution >= 0.6 is 22.9 Å². The van der Waals surface area contributed by atoms with Gasteiger partial charge in [0.2, 0.25) is 0 Å². The van der Waals surface area contributed by atoms with Gasteiger partial charge in [0.1, 0.15) is 10.8 Å². The number of nitrogens with zero attached hydrogens (tertiary/aromatic N) is 1. The van der Waals surface area contributed by atoms with E-state index in [0.29, 0.717) is 5.02 Å². The van der Waals surface area contributed by atoms with Crippen LogP contribution in [0.3, 0.4) is 0 Å². The SMILES string of the molecule is COc1ccc(Cl)cc1-c1nc2ccccc2s1. The normalized spacial score (nSPS) is 10.8. The number of fused-ring (bicyclic) bond motifs is 1. The lowest BCUT2D eigenvalue weighted by molar-refractivity contribution is 0.416. The minimum Gasteiger partial charge on any atom is -0.496 e. The summed E-state index contributed by atoms with van der Waals surface area (Å²) in [5, 5.41) is 1.61. The zero-order chi connectivity index (χ0) is 12.5. The highest BCUT2D eigenvalue weighted by atomic mass is 35.5. The summed E-state index contributed by atoms with van der Waals surface area (Å²) in [5.41, 5.74) is 1.94. The van der Waals surface area contributed by atoms with Crippen LogP contribution in [0.4, 0.5) is 0 Å². The third-order valence-corrected chi connectivity index (χ3v) is 3.99. The van der Waals surface area contributed by atoms with Gasteiger partial charge < -0.3 is 4.74 Å². The molecule has 0 fully saturated rings. The van der Waals surface area contributed by atoms with Gasteiger partial charge in [-0.05, 0) is 30.3 Å². The Bertz CT molecular complexity index is 675. The number of methoxy groups -OCH3 is 1. The lowest BCUT2D eigenvalue weighted by atomic mass is 10.2. The van der Waals surface area contributed by atoms with Crippen LogP contribution in [0.5, 0.6) is 5.75 Å². The quantitative estimate of drug-likeness (QED) is 0.680. The maximum atomic E-state index is 6.04. The minimum absolute atomic E-state index is 0.685. The number of aromatic nitrogens is 1. The fourth-order valence-electron chi connectivity index (χ4n) is 1.83. The van der Waals surface area contributed by atoms with E-state index in [1.54, 1.807) is 18.4 Å². The highest BCUT2D eigenvalue weighted by Crippen LogP contribution is 2.37.